The van der Waals surface area contributed by atoms with E-state index in [9.17, 15) is 14.0 Å². The van der Waals surface area contributed by atoms with Crippen LogP contribution in [0.15, 0.2) is 42.9 Å². The minimum absolute atomic E-state index is 0.0364. The number of aromatic nitrogens is 3. The average Bonchev–Trinajstić information content (AvgIpc) is 3.40. The van der Waals surface area contributed by atoms with Gasteiger partial charge in [-0.25, -0.2) is 14.4 Å². The normalized spacial score (nSPS) is 15.4. The molecule has 4 rings (SSSR count). The molecular formula is C28H33ClFN7O2. The second kappa shape index (κ2) is 12.9. The molecule has 9 nitrogen and oxygen atoms in total. The maximum absolute atomic E-state index is 14.5. The van der Waals surface area contributed by atoms with Gasteiger partial charge in [-0.05, 0) is 56.0 Å². The molecule has 0 saturated carbocycles. The molecule has 1 aromatic carbocycles. The SMILES string of the molecule is CNC(=O)[C@@H]1CCCN1CCCNC(=O)c1cnccc1Nc1nc(-c2cc(Cl)ccc2F)ncc1C(C)C. The summed E-state index contributed by atoms with van der Waals surface area (Å²) in [6, 6.07) is 5.81. The highest BCUT2D eigenvalue weighted by Crippen LogP contribution is 2.30. The van der Waals surface area contributed by atoms with Gasteiger partial charge in [-0.3, -0.25) is 19.5 Å². The van der Waals surface area contributed by atoms with E-state index in [2.05, 4.69) is 35.8 Å². The number of nitrogens with one attached hydrogen (secondary N) is 3. The minimum Gasteiger partial charge on any atom is -0.358 e. The van der Waals surface area contributed by atoms with E-state index in [-0.39, 0.29) is 35.2 Å². The number of hydrogen-bond donors (Lipinski definition) is 3. The first-order valence-corrected chi connectivity index (χ1v) is 13.4. The van der Waals surface area contributed by atoms with Crippen LogP contribution >= 0.6 is 11.6 Å². The Morgan fingerprint density at radius 2 is 2.05 bits per heavy atom. The van der Waals surface area contributed by atoms with Crippen molar-refractivity contribution in [1.29, 1.82) is 0 Å². The number of halogens is 2. The molecule has 1 aliphatic rings. The van der Waals surface area contributed by atoms with Gasteiger partial charge in [-0.15, -0.1) is 0 Å². The summed E-state index contributed by atoms with van der Waals surface area (Å²) in [5.74, 6) is -0.0235. The highest BCUT2D eigenvalue weighted by Gasteiger charge is 2.29. The summed E-state index contributed by atoms with van der Waals surface area (Å²) >= 11 is 6.08. The highest BCUT2D eigenvalue weighted by atomic mass is 35.5. The third-order valence-electron chi connectivity index (χ3n) is 6.75. The van der Waals surface area contributed by atoms with Gasteiger partial charge < -0.3 is 16.0 Å². The Labute approximate surface area is 232 Å². The largest absolute Gasteiger partial charge is 0.358 e. The minimum atomic E-state index is -0.484. The first kappa shape index (κ1) is 28.4. The predicted octanol–water partition coefficient (Wildman–Crippen LogP) is 4.53. The van der Waals surface area contributed by atoms with Crippen molar-refractivity contribution >= 4 is 34.9 Å². The Bertz CT molecular complexity index is 1340. The number of pyridine rings is 1. The molecule has 1 fully saturated rings. The lowest BCUT2D eigenvalue weighted by Gasteiger charge is -2.23. The van der Waals surface area contributed by atoms with E-state index in [4.69, 9.17) is 11.6 Å². The molecular weight excluding hydrogens is 521 g/mol. The maximum atomic E-state index is 14.5. The smallest absolute Gasteiger partial charge is 0.254 e. The van der Waals surface area contributed by atoms with E-state index in [1.54, 1.807) is 25.5 Å². The van der Waals surface area contributed by atoms with E-state index in [1.165, 1.54) is 24.4 Å². The number of benzene rings is 1. The lowest BCUT2D eigenvalue weighted by molar-refractivity contribution is -0.124. The summed E-state index contributed by atoms with van der Waals surface area (Å²) in [5, 5.41) is 9.30. The van der Waals surface area contributed by atoms with Crippen LogP contribution in [0.3, 0.4) is 0 Å². The van der Waals surface area contributed by atoms with E-state index in [0.717, 1.165) is 31.5 Å². The van der Waals surface area contributed by atoms with Crippen LogP contribution in [0.5, 0.6) is 0 Å². The van der Waals surface area contributed by atoms with Gasteiger partial charge in [-0.1, -0.05) is 25.4 Å². The van der Waals surface area contributed by atoms with Gasteiger partial charge in [0.1, 0.15) is 11.6 Å². The molecule has 0 radical (unpaired) electrons. The van der Waals surface area contributed by atoms with Crippen molar-refractivity contribution in [3.63, 3.8) is 0 Å². The lowest BCUT2D eigenvalue weighted by atomic mass is 10.1. The Balaban J connectivity index is 1.48. The van der Waals surface area contributed by atoms with Crippen molar-refractivity contribution in [2.45, 2.75) is 45.1 Å². The number of rotatable bonds is 10. The number of carbonyl (C=O) groups excluding carboxylic acids is 2. The molecule has 11 heteroatoms. The summed E-state index contributed by atoms with van der Waals surface area (Å²) in [5.41, 5.74) is 1.86. The fourth-order valence-corrected chi connectivity index (χ4v) is 4.83. The fourth-order valence-electron chi connectivity index (χ4n) is 4.66. The zero-order valence-electron chi connectivity index (χ0n) is 22.3. The second-order valence-electron chi connectivity index (χ2n) is 9.74. The van der Waals surface area contributed by atoms with Crippen LogP contribution in [0.2, 0.25) is 5.02 Å². The summed E-state index contributed by atoms with van der Waals surface area (Å²) in [4.78, 5) is 40.4. The van der Waals surface area contributed by atoms with Crippen molar-refractivity contribution in [1.82, 2.24) is 30.5 Å². The number of carbonyl (C=O) groups is 2. The molecule has 0 spiro atoms. The van der Waals surface area contributed by atoms with Crippen molar-refractivity contribution in [3.05, 3.63) is 64.8 Å². The van der Waals surface area contributed by atoms with E-state index in [0.29, 0.717) is 35.1 Å². The molecule has 2 aromatic heterocycles. The quantitative estimate of drug-likeness (QED) is 0.316. The molecule has 0 unspecified atom stereocenters. The van der Waals surface area contributed by atoms with Gasteiger partial charge in [0.25, 0.3) is 5.91 Å². The summed E-state index contributed by atoms with van der Waals surface area (Å²) < 4.78 is 14.5. The van der Waals surface area contributed by atoms with Gasteiger partial charge in [0.05, 0.1) is 22.9 Å². The number of anilines is 2. The maximum Gasteiger partial charge on any atom is 0.254 e. The number of likely N-dealkylation sites (N-methyl/N-ethyl adjacent to an activating group) is 1. The molecule has 206 valence electrons. The molecule has 1 aliphatic heterocycles. The number of nitrogens with zero attached hydrogens (tertiary/aromatic N) is 4. The van der Waals surface area contributed by atoms with Crippen LogP contribution in [0.1, 0.15) is 54.9 Å². The van der Waals surface area contributed by atoms with Gasteiger partial charge in [0.2, 0.25) is 5.91 Å². The van der Waals surface area contributed by atoms with E-state index in [1.807, 2.05) is 13.8 Å². The molecule has 0 bridgehead atoms. The number of hydrogen-bond acceptors (Lipinski definition) is 7. The monoisotopic (exact) mass is 553 g/mol. The van der Waals surface area contributed by atoms with E-state index < -0.39 is 5.82 Å². The Morgan fingerprint density at radius 3 is 2.82 bits per heavy atom. The lowest BCUT2D eigenvalue weighted by Crippen LogP contribution is -2.42. The Kier molecular flexibility index (Phi) is 9.42. The number of likely N-dealkylation sites (tertiary alicyclic amines) is 1. The molecule has 0 aliphatic carbocycles. The Morgan fingerprint density at radius 1 is 1.23 bits per heavy atom. The summed E-state index contributed by atoms with van der Waals surface area (Å²) in [6.45, 7) is 6.05. The zero-order valence-corrected chi connectivity index (χ0v) is 23.1. The first-order valence-electron chi connectivity index (χ1n) is 13.1. The van der Waals surface area contributed by atoms with Crippen LogP contribution in [-0.4, -0.2) is 64.4 Å². The Hall–Kier alpha value is -3.63. The third kappa shape index (κ3) is 6.88. The molecule has 1 atom stereocenters. The fraction of sp³-hybridized carbons (Fsp3) is 0.393. The van der Waals surface area contributed by atoms with Gasteiger partial charge in [-0.2, -0.15) is 0 Å². The molecule has 3 aromatic rings. The van der Waals surface area contributed by atoms with Gasteiger partial charge in [0, 0.05) is 49.3 Å². The average molecular weight is 554 g/mol. The third-order valence-corrected chi connectivity index (χ3v) is 6.98. The van der Waals surface area contributed by atoms with Crippen molar-refractivity contribution in [3.8, 4) is 11.4 Å². The van der Waals surface area contributed by atoms with Crippen molar-refractivity contribution in [2.24, 2.45) is 0 Å². The van der Waals surface area contributed by atoms with Gasteiger partial charge in [0.15, 0.2) is 5.82 Å². The molecule has 3 N–H and O–H groups in total. The molecule has 1 saturated heterocycles. The van der Waals surface area contributed by atoms with Crippen LogP contribution in [-0.2, 0) is 4.79 Å². The molecule has 2 amide bonds. The van der Waals surface area contributed by atoms with Crippen LogP contribution in [0.25, 0.3) is 11.4 Å². The predicted molar refractivity (Wildman–Crippen MR) is 150 cm³/mol. The zero-order chi connectivity index (χ0) is 27.9. The molecule has 3 heterocycles. The highest BCUT2D eigenvalue weighted by molar-refractivity contribution is 6.30. The van der Waals surface area contributed by atoms with Crippen LogP contribution < -0.4 is 16.0 Å². The standard InChI is InChI=1S/C28H33ClFN7O2/c1-17(2)20-16-34-25(19-14-18(29)7-8-22(19)30)36-26(20)35-23-9-11-32-15-21(23)27(38)33-10-5-13-37-12-4-6-24(37)28(39)31-3/h7-9,11,14-17,24H,4-6,10,12-13H2,1-3H3,(H,31,39)(H,33,38)(H,32,34,35,36)/t24-/m0/s1. The van der Waals surface area contributed by atoms with Gasteiger partial charge >= 0.3 is 0 Å². The summed E-state index contributed by atoms with van der Waals surface area (Å²) in [7, 11) is 1.65. The van der Waals surface area contributed by atoms with Crippen molar-refractivity contribution in [2.75, 3.05) is 32.0 Å². The summed E-state index contributed by atoms with van der Waals surface area (Å²) in [6.07, 6.45) is 7.28. The van der Waals surface area contributed by atoms with Crippen molar-refractivity contribution < 1.29 is 14.0 Å². The number of amides is 2. The van der Waals surface area contributed by atoms with Crippen LogP contribution in [0.4, 0.5) is 15.9 Å². The molecule has 39 heavy (non-hydrogen) atoms. The topological polar surface area (TPSA) is 112 Å². The first-order chi connectivity index (χ1) is 18.8. The second-order valence-corrected chi connectivity index (χ2v) is 10.2. The van der Waals surface area contributed by atoms with E-state index >= 15 is 0 Å². The van der Waals surface area contributed by atoms with Crippen LogP contribution in [0, 0.1) is 5.82 Å².